The summed E-state index contributed by atoms with van der Waals surface area (Å²) in [5.41, 5.74) is 1.86. The number of ether oxygens (including phenoxy) is 1. The maximum atomic E-state index is 11.5. The van der Waals surface area contributed by atoms with E-state index in [1.165, 1.54) is 0 Å². The van der Waals surface area contributed by atoms with Gasteiger partial charge in [0.05, 0.1) is 5.69 Å². The molecule has 1 amide bonds. The summed E-state index contributed by atoms with van der Waals surface area (Å²) in [6.45, 7) is 0.811. The lowest BCUT2D eigenvalue weighted by molar-refractivity contribution is 0.140. The first-order chi connectivity index (χ1) is 10.7. The van der Waals surface area contributed by atoms with Crippen LogP contribution in [0, 0.1) is 0 Å². The Bertz CT molecular complexity index is 612. The third-order valence-corrected chi connectivity index (χ3v) is 3.30. The summed E-state index contributed by atoms with van der Waals surface area (Å²) in [6, 6.07) is 13.4. The molecule has 114 valence electrons. The number of rotatable bonds is 6. The first kappa shape index (κ1) is 16.2. The minimum absolute atomic E-state index is 0.283. The normalized spacial score (nSPS) is 10.6. The van der Waals surface area contributed by atoms with Crippen molar-refractivity contribution in [2.75, 3.05) is 6.54 Å². The summed E-state index contributed by atoms with van der Waals surface area (Å²) in [5, 5.41) is 2.71. The van der Waals surface area contributed by atoms with Gasteiger partial charge in [-0.05, 0) is 46.1 Å². The predicted octanol–water partition coefficient (Wildman–Crippen LogP) is 4.17. The Hall–Kier alpha value is -2.14. The van der Waals surface area contributed by atoms with Crippen molar-refractivity contribution in [2.45, 2.75) is 13.0 Å². The van der Waals surface area contributed by atoms with Gasteiger partial charge >= 0.3 is 6.09 Å². The van der Waals surface area contributed by atoms with Gasteiger partial charge < -0.3 is 10.1 Å². The molecule has 22 heavy (non-hydrogen) atoms. The monoisotopic (exact) mass is 360 g/mol. The molecule has 0 saturated heterocycles. The SMILES string of the molecule is O=C(NCCC=Cc1ccc(Br)cn1)OCc1ccccc1. The van der Waals surface area contributed by atoms with Gasteiger partial charge in [0.25, 0.3) is 0 Å². The minimum Gasteiger partial charge on any atom is -0.445 e. The van der Waals surface area contributed by atoms with E-state index in [1.54, 1.807) is 6.20 Å². The fourth-order valence-electron chi connectivity index (χ4n) is 1.72. The van der Waals surface area contributed by atoms with Gasteiger partial charge in [0.1, 0.15) is 6.61 Å². The lowest BCUT2D eigenvalue weighted by Crippen LogP contribution is -2.24. The van der Waals surface area contributed by atoms with Crippen LogP contribution in [0.1, 0.15) is 17.7 Å². The molecule has 1 aromatic carbocycles. The second kappa shape index (κ2) is 9.00. The molecule has 0 unspecified atom stereocenters. The van der Waals surface area contributed by atoms with Gasteiger partial charge in [0.15, 0.2) is 0 Å². The molecule has 4 nitrogen and oxygen atoms in total. The molecule has 0 radical (unpaired) electrons. The maximum Gasteiger partial charge on any atom is 0.407 e. The summed E-state index contributed by atoms with van der Waals surface area (Å²) in [7, 11) is 0. The third kappa shape index (κ3) is 6.10. The molecule has 0 spiro atoms. The van der Waals surface area contributed by atoms with E-state index in [4.69, 9.17) is 4.74 Å². The number of benzene rings is 1. The average Bonchev–Trinajstić information content (AvgIpc) is 2.55. The largest absolute Gasteiger partial charge is 0.445 e. The number of alkyl carbamates (subject to hydrolysis) is 1. The van der Waals surface area contributed by atoms with Gasteiger partial charge in [-0.25, -0.2) is 4.79 Å². The fraction of sp³-hybridized carbons (Fsp3) is 0.176. The van der Waals surface area contributed by atoms with E-state index in [2.05, 4.69) is 26.2 Å². The van der Waals surface area contributed by atoms with Crippen LogP contribution in [0.4, 0.5) is 4.79 Å². The molecule has 1 heterocycles. The summed E-state index contributed by atoms with van der Waals surface area (Å²) in [4.78, 5) is 15.7. The smallest absolute Gasteiger partial charge is 0.407 e. The number of amides is 1. The Labute approximate surface area is 138 Å². The molecule has 0 fully saturated rings. The third-order valence-electron chi connectivity index (χ3n) is 2.83. The molecule has 0 atom stereocenters. The van der Waals surface area contributed by atoms with E-state index in [9.17, 15) is 4.79 Å². The highest BCUT2D eigenvalue weighted by molar-refractivity contribution is 9.10. The van der Waals surface area contributed by atoms with Crippen LogP contribution in [0.2, 0.25) is 0 Å². The predicted molar refractivity (Wildman–Crippen MR) is 90.2 cm³/mol. The van der Waals surface area contributed by atoms with Gasteiger partial charge in [0.2, 0.25) is 0 Å². The topological polar surface area (TPSA) is 51.2 Å². The van der Waals surface area contributed by atoms with Crippen LogP contribution in [0.15, 0.2) is 59.2 Å². The highest BCUT2D eigenvalue weighted by Gasteiger charge is 2.00. The van der Waals surface area contributed by atoms with Crippen molar-refractivity contribution in [1.29, 1.82) is 0 Å². The van der Waals surface area contributed by atoms with E-state index >= 15 is 0 Å². The molecule has 1 N–H and O–H groups in total. The number of nitrogens with one attached hydrogen (secondary N) is 1. The fourth-order valence-corrected chi connectivity index (χ4v) is 1.96. The molecule has 0 bridgehead atoms. The number of aromatic nitrogens is 1. The summed E-state index contributed by atoms with van der Waals surface area (Å²) < 4.78 is 6.07. The second-order valence-electron chi connectivity index (χ2n) is 4.58. The lowest BCUT2D eigenvalue weighted by atomic mass is 10.2. The number of hydrogen-bond acceptors (Lipinski definition) is 3. The Balaban J connectivity index is 1.61. The minimum atomic E-state index is -0.404. The van der Waals surface area contributed by atoms with E-state index in [0.29, 0.717) is 6.54 Å². The molecular formula is C17H17BrN2O2. The van der Waals surface area contributed by atoms with Crippen LogP contribution in [0.5, 0.6) is 0 Å². The van der Waals surface area contributed by atoms with Crippen LogP contribution >= 0.6 is 15.9 Å². The van der Waals surface area contributed by atoms with E-state index in [-0.39, 0.29) is 6.61 Å². The standard InChI is InChI=1S/C17H17BrN2O2/c18-15-9-10-16(20-12-15)8-4-5-11-19-17(21)22-13-14-6-2-1-3-7-14/h1-4,6-10,12H,5,11,13H2,(H,19,21). The number of hydrogen-bond donors (Lipinski definition) is 1. The van der Waals surface area contributed by atoms with Crippen molar-refractivity contribution in [2.24, 2.45) is 0 Å². The zero-order valence-electron chi connectivity index (χ0n) is 12.0. The van der Waals surface area contributed by atoms with E-state index in [0.717, 1.165) is 22.2 Å². The number of halogens is 1. The van der Waals surface area contributed by atoms with Crippen LogP contribution < -0.4 is 5.32 Å². The number of nitrogens with zero attached hydrogens (tertiary/aromatic N) is 1. The van der Waals surface area contributed by atoms with E-state index < -0.39 is 6.09 Å². The van der Waals surface area contributed by atoms with Crippen molar-refractivity contribution in [3.63, 3.8) is 0 Å². The molecule has 0 aliphatic carbocycles. The molecule has 2 aromatic rings. The Morgan fingerprint density at radius 1 is 1.23 bits per heavy atom. The van der Waals surface area contributed by atoms with Gasteiger partial charge in [-0.1, -0.05) is 36.4 Å². The first-order valence-corrected chi connectivity index (χ1v) is 7.76. The molecule has 0 saturated carbocycles. The van der Waals surface area contributed by atoms with Crippen LogP contribution in [0.3, 0.4) is 0 Å². The van der Waals surface area contributed by atoms with Crippen LogP contribution in [-0.2, 0) is 11.3 Å². The zero-order valence-corrected chi connectivity index (χ0v) is 13.6. The average molecular weight is 361 g/mol. The maximum absolute atomic E-state index is 11.5. The quantitative estimate of drug-likeness (QED) is 0.786. The van der Waals surface area contributed by atoms with Crippen LogP contribution in [-0.4, -0.2) is 17.6 Å². The molecule has 1 aromatic heterocycles. The summed E-state index contributed by atoms with van der Waals surface area (Å²) >= 11 is 3.34. The summed E-state index contributed by atoms with van der Waals surface area (Å²) in [5.74, 6) is 0. The van der Waals surface area contributed by atoms with Gasteiger partial charge in [-0.3, -0.25) is 4.98 Å². The number of carbonyl (C=O) groups is 1. The molecular weight excluding hydrogens is 344 g/mol. The van der Waals surface area contributed by atoms with Gasteiger partial charge in [0, 0.05) is 17.2 Å². The van der Waals surface area contributed by atoms with Crippen molar-refractivity contribution in [3.8, 4) is 0 Å². The number of carbonyl (C=O) groups excluding carboxylic acids is 1. The lowest BCUT2D eigenvalue weighted by Gasteiger charge is -2.05. The first-order valence-electron chi connectivity index (χ1n) is 6.97. The second-order valence-corrected chi connectivity index (χ2v) is 5.50. The molecule has 0 aliphatic heterocycles. The Morgan fingerprint density at radius 2 is 2.05 bits per heavy atom. The van der Waals surface area contributed by atoms with Crippen molar-refractivity contribution >= 4 is 28.1 Å². The summed E-state index contributed by atoms with van der Waals surface area (Å²) in [6.07, 6.45) is 5.95. The van der Waals surface area contributed by atoms with Gasteiger partial charge in [-0.2, -0.15) is 0 Å². The van der Waals surface area contributed by atoms with Crippen molar-refractivity contribution in [1.82, 2.24) is 10.3 Å². The molecule has 5 heteroatoms. The molecule has 0 aliphatic rings. The molecule has 2 rings (SSSR count). The highest BCUT2D eigenvalue weighted by atomic mass is 79.9. The van der Waals surface area contributed by atoms with Crippen molar-refractivity contribution < 1.29 is 9.53 Å². The van der Waals surface area contributed by atoms with Crippen LogP contribution in [0.25, 0.3) is 6.08 Å². The zero-order chi connectivity index (χ0) is 15.6. The Morgan fingerprint density at radius 3 is 2.77 bits per heavy atom. The Kier molecular flexibility index (Phi) is 6.64. The van der Waals surface area contributed by atoms with E-state index in [1.807, 2.05) is 54.6 Å². The highest BCUT2D eigenvalue weighted by Crippen LogP contribution is 2.08. The van der Waals surface area contributed by atoms with Crippen molar-refractivity contribution in [3.05, 3.63) is 70.5 Å². The number of pyridine rings is 1. The van der Waals surface area contributed by atoms with Gasteiger partial charge in [-0.15, -0.1) is 0 Å².